The third-order valence-corrected chi connectivity index (χ3v) is 8.05. The molecule has 3 aromatic heterocycles. The summed E-state index contributed by atoms with van der Waals surface area (Å²) >= 11 is 3.14. The number of aromatic nitrogens is 3. The zero-order chi connectivity index (χ0) is 26.0. The van der Waals surface area contributed by atoms with Gasteiger partial charge in [-0.2, -0.15) is 0 Å². The molecule has 37 heavy (non-hydrogen) atoms. The summed E-state index contributed by atoms with van der Waals surface area (Å²) < 4.78 is 6.70. The molecule has 0 saturated carbocycles. The molecule has 11 heteroatoms. The summed E-state index contributed by atoms with van der Waals surface area (Å²) in [6.07, 6.45) is 4.09. The summed E-state index contributed by atoms with van der Waals surface area (Å²) in [7, 11) is 0. The Morgan fingerprint density at radius 1 is 1.22 bits per heavy atom. The van der Waals surface area contributed by atoms with Crippen molar-refractivity contribution in [3.05, 3.63) is 52.9 Å². The van der Waals surface area contributed by atoms with Gasteiger partial charge < -0.3 is 25.3 Å². The van der Waals surface area contributed by atoms with Crippen molar-refractivity contribution in [3.8, 4) is 10.6 Å². The fourth-order valence-corrected chi connectivity index (χ4v) is 6.56. The lowest BCUT2D eigenvalue weighted by Gasteiger charge is -2.30. The number of carbonyl (C=O) groups excluding carboxylic acids is 2. The fourth-order valence-electron chi connectivity index (χ4n) is 4.17. The van der Waals surface area contributed by atoms with Crippen LogP contribution in [-0.2, 0) is 29.0 Å². The molecule has 9 nitrogen and oxygen atoms in total. The number of fused-ring (bicyclic) bond motifs is 2. The van der Waals surface area contributed by atoms with Crippen LogP contribution in [0.1, 0.15) is 43.3 Å². The van der Waals surface area contributed by atoms with Crippen LogP contribution >= 0.6 is 22.7 Å². The number of carbonyl (C=O) groups is 2. The SMILES string of the molecule is CC(C)(C)OC(=O)N1CCc2c(sc(NC(=O)CCNCc3cnc[nH]3)c2-c2nc3ccccc3s2)C1. The van der Waals surface area contributed by atoms with Crippen LogP contribution in [0.4, 0.5) is 9.80 Å². The van der Waals surface area contributed by atoms with Gasteiger partial charge in [0.2, 0.25) is 5.91 Å². The van der Waals surface area contributed by atoms with Gasteiger partial charge in [0, 0.05) is 48.4 Å². The molecule has 0 atom stereocenters. The molecule has 1 aliphatic heterocycles. The normalized spacial score (nSPS) is 13.5. The molecule has 3 N–H and O–H groups in total. The molecule has 0 saturated heterocycles. The van der Waals surface area contributed by atoms with E-state index in [0.717, 1.165) is 41.9 Å². The minimum Gasteiger partial charge on any atom is -0.444 e. The molecule has 4 aromatic rings. The molecule has 0 spiro atoms. The van der Waals surface area contributed by atoms with Gasteiger partial charge in [0.05, 0.1) is 23.1 Å². The zero-order valence-corrected chi connectivity index (χ0v) is 22.7. The van der Waals surface area contributed by atoms with Crippen molar-refractivity contribution >= 4 is 49.9 Å². The van der Waals surface area contributed by atoms with Gasteiger partial charge in [0.15, 0.2) is 0 Å². The molecular formula is C26H30N6O3S2. The first-order chi connectivity index (χ1) is 17.8. The standard InChI is InChI=1S/C26H30N6O3S2/c1-26(2,3)35-25(34)32-11-9-17-20(14-32)37-24(22(17)23-30-18-6-4-5-7-19(18)36-23)31-21(33)8-10-27-12-16-13-28-15-29-16/h4-7,13,15,27H,8-12,14H2,1-3H3,(H,28,29)(H,31,33). The number of hydrogen-bond acceptors (Lipinski definition) is 8. The number of thiazole rings is 1. The Labute approximate surface area is 223 Å². The first-order valence-corrected chi connectivity index (χ1v) is 13.9. The molecule has 0 bridgehead atoms. The second-order valence-corrected chi connectivity index (χ2v) is 12.0. The van der Waals surface area contributed by atoms with Gasteiger partial charge in [0.25, 0.3) is 0 Å². The number of thiophene rings is 1. The highest BCUT2D eigenvalue weighted by molar-refractivity contribution is 7.22. The predicted octanol–water partition coefficient (Wildman–Crippen LogP) is 5.16. The average Bonchev–Trinajstić information content (AvgIpc) is 3.58. The molecule has 0 aliphatic carbocycles. The van der Waals surface area contributed by atoms with Crippen LogP contribution in [0.3, 0.4) is 0 Å². The minimum atomic E-state index is -0.552. The maximum Gasteiger partial charge on any atom is 0.410 e. The van der Waals surface area contributed by atoms with Gasteiger partial charge in [-0.25, -0.2) is 14.8 Å². The Bertz CT molecular complexity index is 1370. The van der Waals surface area contributed by atoms with Crippen LogP contribution in [0.25, 0.3) is 20.8 Å². The number of benzene rings is 1. The first-order valence-electron chi connectivity index (χ1n) is 12.2. The Kier molecular flexibility index (Phi) is 7.27. The minimum absolute atomic E-state index is 0.0675. The molecule has 1 aromatic carbocycles. The van der Waals surface area contributed by atoms with Crippen molar-refractivity contribution in [1.29, 1.82) is 0 Å². The second kappa shape index (κ2) is 10.6. The van der Waals surface area contributed by atoms with Crippen molar-refractivity contribution in [2.24, 2.45) is 0 Å². The topological polar surface area (TPSA) is 112 Å². The van der Waals surface area contributed by atoms with E-state index in [1.54, 1.807) is 28.8 Å². The van der Waals surface area contributed by atoms with E-state index >= 15 is 0 Å². The number of nitrogens with zero attached hydrogens (tertiary/aromatic N) is 3. The van der Waals surface area contributed by atoms with Crippen LogP contribution in [0.2, 0.25) is 0 Å². The Balaban J connectivity index is 1.36. The van der Waals surface area contributed by atoms with E-state index in [1.807, 2.05) is 39.0 Å². The molecular weight excluding hydrogens is 508 g/mol. The van der Waals surface area contributed by atoms with Crippen LogP contribution in [0.15, 0.2) is 36.8 Å². The summed E-state index contributed by atoms with van der Waals surface area (Å²) in [6.45, 7) is 7.78. The third-order valence-electron chi connectivity index (χ3n) is 5.87. The lowest BCUT2D eigenvalue weighted by molar-refractivity contribution is -0.116. The molecule has 4 heterocycles. The van der Waals surface area contributed by atoms with Gasteiger partial charge in [-0.1, -0.05) is 12.1 Å². The maximum atomic E-state index is 12.9. The molecule has 194 valence electrons. The second-order valence-electron chi connectivity index (χ2n) is 9.90. The van der Waals surface area contributed by atoms with E-state index in [4.69, 9.17) is 9.72 Å². The third kappa shape index (κ3) is 6.00. The van der Waals surface area contributed by atoms with Crippen molar-refractivity contribution in [3.63, 3.8) is 0 Å². The highest BCUT2D eigenvalue weighted by Crippen LogP contribution is 2.45. The van der Waals surface area contributed by atoms with Crippen molar-refractivity contribution in [2.75, 3.05) is 18.4 Å². The lowest BCUT2D eigenvalue weighted by Crippen LogP contribution is -2.39. The monoisotopic (exact) mass is 538 g/mol. The molecule has 0 fully saturated rings. The number of amides is 2. The summed E-state index contributed by atoms with van der Waals surface area (Å²) in [5.74, 6) is -0.0675. The van der Waals surface area contributed by atoms with E-state index in [-0.39, 0.29) is 12.0 Å². The fraction of sp³-hybridized carbons (Fsp3) is 0.385. The summed E-state index contributed by atoms with van der Waals surface area (Å²) in [6, 6.07) is 8.04. The number of imidazole rings is 1. The van der Waals surface area contributed by atoms with Gasteiger partial charge in [0.1, 0.15) is 15.6 Å². The van der Waals surface area contributed by atoms with E-state index in [2.05, 4.69) is 26.7 Å². The summed E-state index contributed by atoms with van der Waals surface area (Å²) in [5, 5.41) is 8.07. The number of para-hydroxylation sites is 1. The number of rotatable bonds is 7. The average molecular weight is 539 g/mol. The predicted molar refractivity (Wildman–Crippen MR) is 147 cm³/mol. The van der Waals surface area contributed by atoms with Crippen LogP contribution in [-0.4, -0.2) is 50.5 Å². The van der Waals surface area contributed by atoms with Gasteiger partial charge >= 0.3 is 6.09 Å². The van der Waals surface area contributed by atoms with Crippen LogP contribution in [0.5, 0.6) is 0 Å². The van der Waals surface area contributed by atoms with Crippen molar-refractivity contribution in [1.82, 2.24) is 25.2 Å². The molecule has 0 unspecified atom stereocenters. The number of H-pyrrole nitrogens is 1. The molecule has 0 radical (unpaired) electrons. The highest BCUT2D eigenvalue weighted by atomic mass is 32.1. The zero-order valence-electron chi connectivity index (χ0n) is 21.1. The summed E-state index contributed by atoms with van der Waals surface area (Å²) in [5.41, 5.74) is 3.48. The first kappa shape index (κ1) is 25.4. The molecule has 2 amide bonds. The number of ether oxygens (including phenoxy) is 1. The Morgan fingerprint density at radius 2 is 2.05 bits per heavy atom. The largest absolute Gasteiger partial charge is 0.444 e. The quantitative estimate of drug-likeness (QED) is 0.280. The number of hydrogen-bond donors (Lipinski definition) is 3. The highest BCUT2D eigenvalue weighted by Gasteiger charge is 2.31. The van der Waals surface area contributed by atoms with E-state index in [1.165, 1.54) is 11.3 Å². The van der Waals surface area contributed by atoms with Crippen LogP contribution < -0.4 is 10.6 Å². The smallest absolute Gasteiger partial charge is 0.410 e. The Morgan fingerprint density at radius 3 is 2.81 bits per heavy atom. The molecule has 1 aliphatic rings. The van der Waals surface area contributed by atoms with Gasteiger partial charge in [-0.3, -0.25) is 4.79 Å². The van der Waals surface area contributed by atoms with Crippen molar-refractivity contribution < 1.29 is 14.3 Å². The van der Waals surface area contributed by atoms with E-state index in [9.17, 15) is 9.59 Å². The van der Waals surface area contributed by atoms with E-state index in [0.29, 0.717) is 39.0 Å². The number of nitrogens with one attached hydrogen (secondary N) is 3. The Hall–Kier alpha value is -3.28. The van der Waals surface area contributed by atoms with Crippen molar-refractivity contribution in [2.45, 2.75) is 52.3 Å². The maximum absolute atomic E-state index is 12.9. The summed E-state index contributed by atoms with van der Waals surface area (Å²) in [4.78, 5) is 40.3. The molecule has 5 rings (SSSR count). The number of aromatic amines is 1. The van der Waals surface area contributed by atoms with Crippen LogP contribution in [0, 0.1) is 0 Å². The lowest BCUT2D eigenvalue weighted by atomic mass is 10.0. The van der Waals surface area contributed by atoms with Gasteiger partial charge in [-0.05, 0) is 44.9 Å². The van der Waals surface area contributed by atoms with E-state index < -0.39 is 5.60 Å². The van der Waals surface area contributed by atoms with Gasteiger partial charge in [-0.15, -0.1) is 22.7 Å². The number of anilines is 1.